The molecule has 0 N–H and O–H groups in total. The minimum atomic E-state index is -0.607. The number of rotatable bonds is 9. The van der Waals surface area contributed by atoms with Crippen LogP contribution in [0.2, 0.25) is 0 Å². The van der Waals surface area contributed by atoms with Gasteiger partial charge in [0.05, 0.1) is 50.0 Å². The molecule has 0 bridgehead atoms. The Hall–Kier alpha value is -3.33. The summed E-state index contributed by atoms with van der Waals surface area (Å²) in [6.07, 6.45) is 0.551. The lowest BCUT2D eigenvalue weighted by Crippen LogP contribution is -2.41. The zero-order valence-electron chi connectivity index (χ0n) is 24.0. The van der Waals surface area contributed by atoms with Crippen molar-refractivity contribution < 1.29 is 33.3 Å². The van der Waals surface area contributed by atoms with Gasteiger partial charge >= 0.3 is 5.97 Å². The first-order valence-corrected chi connectivity index (χ1v) is 14.2. The average molecular weight is 615 g/mol. The van der Waals surface area contributed by atoms with Gasteiger partial charge in [-0.25, -0.2) is 4.79 Å². The van der Waals surface area contributed by atoms with E-state index in [1.807, 2.05) is 37.3 Å². The van der Waals surface area contributed by atoms with E-state index < -0.39 is 17.8 Å². The van der Waals surface area contributed by atoms with Gasteiger partial charge in [0.15, 0.2) is 23.0 Å². The SMILES string of the molecule is CCOc1cc(C2C(C(=O)OC(C)C)=C(C)N=C3CC(c4ccc(OC)c(OC)c4)CC(=O)C32)cc(Br)c1OC. The molecule has 2 aromatic carbocycles. The van der Waals surface area contributed by atoms with Crippen LogP contribution in [0.25, 0.3) is 0 Å². The fourth-order valence-electron chi connectivity index (χ4n) is 5.65. The number of esters is 1. The second-order valence-corrected chi connectivity index (χ2v) is 11.0. The minimum absolute atomic E-state index is 0.0158. The molecule has 214 valence electrons. The summed E-state index contributed by atoms with van der Waals surface area (Å²) in [4.78, 5) is 32.3. The third kappa shape index (κ3) is 5.75. The van der Waals surface area contributed by atoms with Crippen molar-refractivity contribution in [3.63, 3.8) is 0 Å². The Bertz CT molecular complexity index is 1360. The van der Waals surface area contributed by atoms with Crippen LogP contribution >= 0.6 is 15.9 Å². The molecule has 2 aromatic rings. The number of benzene rings is 2. The van der Waals surface area contributed by atoms with Crippen LogP contribution in [0.5, 0.6) is 23.0 Å². The van der Waals surface area contributed by atoms with Gasteiger partial charge in [-0.05, 0) is 91.4 Å². The fourth-order valence-corrected chi connectivity index (χ4v) is 6.27. The summed E-state index contributed by atoms with van der Waals surface area (Å²) in [5.74, 6) is 0.583. The third-order valence-corrected chi connectivity index (χ3v) is 7.88. The maximum Gasteiger partial charge on any atom is 0.336 e. The van der Waals surface area contributed by atoms with E-state index >= 15 is 0 Å². The topological polar surface area (TPSA) is 92.7 Å². The van der Waals surface area contributed by atoms with Gasteiger partial charge in [-0.1, -0.05) is 6.07 Å². The van der Waals surface area contributed by atoms with Crippen LogP contribution in [-0.2, 0) is 14.3 Å². The molecule has 0 aromatic heterocycles. The van der Waals surface area contributed by atoms with Gasteiger partial charge < -0.3 is 23.7 Å². The molecule has 0 amide bonds. The molecule has 1 fully saturated rings. The van der Waals surface area contributed by atoms with Crippen LogP contribution in [0.1, 0.15) is 63.5 Å². The molecule has 0 saturated heterocycles. The van der Waals surface area contributed by atoms with Crippen LogP contribution in [0.3, 0.4) is 0 Å². The quantitative estimate of drug-likeness (QED) is 0.302. The van der Waals surface area contributed by atoms with Crippen molar-refractivity contribution >= 4 is 33.4 Å². The second kappa shape index (κ2) is 12.5. The van der Waals surface area contributed by atoms with Crippen LogP contribution in [0.15, 0.2) is 51.1 Å². The molecule has 1 saturated carbocycles. The molecule has 1 heterocycles. The van der Waals surface area contributed by atoms with Gasteiger partial charge in [-0.3, -0.25) is 9.79 Å². The van der Waals surface area contributed by atoms with Crippen molar-refractivity contribution in [3.8, 4) is 23.0 Å². The van der Waals surface area contributed by atoms with Gasteiger partial charge in [0.2, 0.25) is 0 Å². The predicted octanol–water partition coefficient (Wildman–Crippen LogP) is 6.40. The van der Waals surface area contributed by atoms with E-state index in [1.54, 1.807) is 42.1 Å². The molecule has 1 aliphatic heterocycles. The zero-order valence-corrected chi connectivity index (χ0v) is 25.6. The molecule has 0 spiro atoms. The summed E-state index contributed by atoms with van der Waals surface area (Å²) in [5.41, 5.74) is 3.42. The summed E-state index contributed by atoms with van der Waals surface area (Å²) in [7, 11) is 4.76. The molecule has 1 aliphatic carbocycles. The van der Waals surface area contributed by atoms with Crippen LogP contribution in [-0.4, -0.2) is 51.5 Å². The summed E-state index contributed by atoms with van der Waals surface area (Å²) in [6, 6.07) is 9.47. The molecule has 8 nitrogen and oxygen atoms in total. The number of carbonyl (C=O) groups is 2. The van der Waals surface area contributed by atoms with Gasteiger partial charge in [0, 0.05) is 23.7 Å². The highest BCUT2D eigenvalue weighted by Gasteiger charge is 2.46. The molecule has 9 heteroatoms. The molecule has 4 rings (SSSR count). The Labute approximate surface area is 243 Å². The largest absolute Gasteiger partial charge is 0.493 e. The lowest BCUT2D eigenvalue weighted by molar-refractivity contribution is -0.143. The Balaban J connectivity index is 1.83. The van der Waals surface area contributed by atoms with Crippen molar-refractivity contribution in [2.24, 2.45) is 10.9 Å². The first kappa shape index (κ1) is 29.6. The molecule has 0 radical (unpaired) electrons. The highest BCUT2D eigenvalue weighted by Crippen LogP contribution is 2.49. The smallest absolute Gasteiger partial charge is 0.336 e. The number of ketones is 1. The van der Waals surface area contributed by atoms with E-state index in [-0.39, 0.29) is 17.8 Å². The molecule has 3 unspecified atom stereocenters. The van der Waals surface area contributed by atoms with E-state index in [9.17, 15) is 9.59 Å². The maximum absolute atomic E-state index is 14.0. The van der Waals surface area contributed by atoms with E-state index in [0.29, 0.717) is 58.2 Å². The molecule has 40 heavy (non-hydrogen) atoms. The number of carbonyl (C=O) groups excluding carboxylic acids is 2. The van der Waals surface area contributed by atoms with Crippen molar-refractivity contribution in [1.82, 2.24) is 0 Å². The number of hydrogen-bond acceptors (Lipinski definition) is 8. The lowest BCUT2D eigenvalue weighted by atomic mass is 9.66. The van der Waals surface area contributed by atoms with Crippen LogP contribution in [0, 0.1) is 5.92 Å². The van der Waals surface area contributed by atoms with Gasteiger partial charge in [-0.2, -0.15) is 0 Å². The zero-order chi connectivity index (χ0) is 29.1. The van der Waals surface area contributed by atoms with Gasteiger partial charge in [0.1, 0.15) is 5.78 Å². The van der Waals surface area contributed by atoms with Gasteiger partial charge in [-0.15, -0.1) is 0 Å². The summed E-state index contributed by atoms with van der Waals surface area (Å²) in [6.45, 7) is 7.73. The minimum Gasteiger partial charge on any atom is -0.493 e. The second-order valence-electron chi connectivity index (χ2n) is 10.2. The normalized spacial score (nSPS) is 20.6. The molecule has 3 atom stereocenters. The van der Waals surface area contributed by atoms with E-state index in [4.69, 9.17) is 28.7 Å². The number of ether oxygens (including phenoxy) is 5. The monoisotopic (exact) mass is 613 g/mol. The number of Topliss-reactive ketones (excluding diaryl/α,β-unsaturated/α-hetero) is 1. The van der Waals surface area contributed by atoms with E-state index in [2.05, 4.69) is 15.9 Å². The first-order chi connectivity index (χ1) is 19.1. The van der Waals surface area contributed by atoms with Crippen molar-refractivity contribution in [3.05, 3.63) is 57.2 Å². The first-order valence-electron chi connectivity index (χ1n) is 13.4. The number of halogens is 1. The Morgan fingerprint density at radius 2 is 1.68 bits per heavy atom. The molecule has 2 aliphatic rings. The maximum atomic E-state index is 14.0. The van der Waals surface area contributed by atoms with Crippen molar-refractivity contribution in [2.45, 2.75) is 58.5 Å². The summed E-state index contributed by atoms with van der Waals surface area (Å²) in [5, 5.41) is 0. The Morgan fingerprint density at radius 3 is 2.30 bits per heavy atom. The van der Waals surface area contributed by atoms with Crippen LogP contribution in [0.4, 0.5) is 0 Å². The summed E-state index contributed by atoms with van der Waals surface area (Å²) >= 11 is 3.60. The highest BCUT2D eigenvalue weighted by molar-refractivity contribution is 9.10. The predicted molar refractivity (Wildman–Crippen MR) is 156 cm³/mol. The average Bonchev–Trinajstić information content (AvgIpc) is 2.91. The Morgan fingerprint density at radius 1 is 0.975 bits per heavy atom. The Kier molecular flexibility index (Phi) is 9.23. The van der Waals surface area contributed by atoms with E-state index in [0.717, 1.165) is 16.8 Å². The standard InChI is InChI=1S/C31H36BrNO7/c1-8-39-26-15-20(11-21(32)30(26)38-7)28-27(31(35)40-16(2)3)17(4)33-22-12-19(13-23(34)29(22)28)18-9-10-24(36-5)25(14-18)37-6/h9-11,14-16,19,28-29H,8,12-13H2,1-7H3. The van der Waals surface area contributed by atoms with Crippen molar-refractivity contribution in [1.29, 1.82) is 0 Å². The third-order valence-electron chi connectivity index (χ3n) is 7.29. The van der Waals surface area contributed by atoms with Crippen molar-refractivity contribution in [2.75, 3.05) is 27.9 Å². The fraction of sp³-hybridized carbons (Fsp3) is 0.452. The number of nitrogens with zero attached hydrogens (tertiary/aromatic N) is 1. The lowest BCUT2D eigenvalue weighted by Gasteiger charge is -2.38. The van der Waals surface area contributed by atoms with Gasteiger partial charge in [0.25, 0.3) is 0 Å². The molecular weight excluding hydrogens is 578 g/mol. The van der Waals surface area contributed by atoms with Crippen LogP contribution < -0.4 is 18.9 Å². The number of methoxy groups -OCH3 is 3. The number of aliphatic imine (C=N–C) groups is 1. The number of allylic oxidation sites excluding steroid dienone is 1. The van der Waals surface area contributed by atoms with E-state index in [1.165, 1.54) is 0 Å². The highest BCUT2D eigenvalue weighted by atomic mass is 79.9. The summed E-state index contributed by atoms with van der Waals surface area (Å²) < 4.78 is 28.6. The number of fused-ring (bicyclic) bond motifs is 1. The molecular formula is C31H36BrNO7. The number of hydrogen-bond donors (Lipinski definition) is 0.